The molecule has 0 amide bonds. The molecule has 5 heteroatoms. The second-order valence-electron chi connectivity index (χ2n) is 18.0. The van der Waals surface area contributed by atoms with Crippen molar-refractivity contribution in [2.75, 3.05) is 0 Å². The monoisotopic (exact) mass is 811 g/mol. The van der Waals surface area contributed by atoms with Crippen molar-refractivity contribution >= 4 is 48.4 Å². The predicted octanol–water partition coefficient (Wildman–Crippen LogP) is 13.6. The fraction of sp³-hybridized carbons (Fsp3) is 0.378. The van der Waals surface area contributed by atoms with Gasteiger partial charge in [0.2, 0.25) is 0 Å². The van der Waals surface area contributed by atoms with E-state index in [1.807, 2.05) is 0 Å². The van der Waals surface area contributed by atoms with Gasteiger partial charge in [-0.05, 0) is 0 Å². The topological polar surface area (TPSA) is 0 Å². The van der Waals surface area contributed by atoms with Gasteiger partial charge in [0, 0.05) is 0 Å². The third-order valence-electron chi connectivity index (χ3n) is 12.5. The zero-order chi connectivity index (χ0) is 35.8. The Morgan fingerprint density at radius 3 is 1.68 bits per heavy atom. The van der Waals surface area contributed by atoms with Gasteiger partial charge in [0.25, 0.3) is 0 Å². The number of benzene rings is 4. The van der Waals surface area contributed by atoms with Crippen molar-refractivity contribution in [1.29, 1.82) is 0 Å². The van der Waals surface area contributed by atoms with Crippen LogP contribution in [0.2, 0.25) is 32.7 Å². The molecule has 0 aliphatic heterocycles. The predicted molar refractivity (Wildman–Crippen MR) is 225 cm³/mol. The molecule has 2 unspecified atom stereocenters. The van der Waals surface area contributed by atoms with Crippen molar-refractivity contribution in [2.24, 2.45) is 5.92 Å². The molecule has 3 aliphatic rings. The van der Waals surface area contributed by atoms with Gasteiger partial charge in [-0.1, -0.05) is 0 Å². The van der Waals surface area contributed by atoms with Gasteiger partial charge in [-0.25, -0.2) is 0 Å². The average molecular weight is 814 g/mol. The van der Waals surface area contributed by atoms with E-state index >= 15 is 0 Å². The molecule has 261 valence electrons. The summed E-state index contributed by atoms with van der Waals surface area (Å²) in [7, 11) is 16.1. The van der Waals surface area contributed by atoms with Crippen LogP contribution in [-0.2, 0) is 21.0 Å². The van der Waals surface area contributed by atoms with E-state index < -0.39 is 29.6 Å². The Balaban J connectivity index is 1.39. The molecule has 3 aliphatic carbocycles. The third kappa shape index (κ3) is 6.04. The van der Waals surface area contributed by atoms with Crippen LogP contribution in [0.4, 0.5) is 0 Å². The van der Waals surface area contributed by atoms with E-state index in [0.717, 1.165) is 0 Å². The van der Waals surface area contributed by atoms with E-state index in [4.69, 9.17) is 17.0 Å². The normalized spacial score (nSPS) is 20.4. The number of rotatable bonds is 7. The third-order valence-corrected chi connectivity index (χ3v) is 66.6. The van der Waals surface area contributed by atoms with Crippen LogP contribution in [0, 0.1) is 5.92 Å². The van der Waals surface area contributed by atoms with Crippen molar-refractivity contribution in [1.82, 2.24) is 0 Å². The van der Waals surface area contributed by atoms with Gasteiger partial charge >= 0.3 is 315 Å². The molecule has 0 heterocycles. The fourth-order valence-electron chi connectivity index (χ4n) is 9.57. The summed E-state index contributed by atoms with van der Waals surface area (Å²) in [5.41, 5.74) is 15.1. The van der Waals surface area contributed by atoms with Crippen LogP contribution in [0.5, 0.6) is 0 Å². The molecule has 0 N–H and O–H groups in total. The van der Waals surface area contributed by atoms with Crippen LogP contribution in [0.25, 0.3) is 34.4 Å². The van der Waals surface area contributed by atoms with E-state index in [9.17, 15) is 0 Å². The Hall–Kier alpha value is -1.74. The van der Waals surface area contributed by atoms with Crippen molar-refractivity contribution in [2.45, 2.75) is 98.8 Å². The molecule has 2 atom stereocenters. The van der Waals surface area contributed by atoms with Gasteiger partial charge < -0.3 is 0 Å². The first-order chi connectivity index (χ1) is 23.5. The van der Waals surface area contributed by atoms with E-state index in [2.05, 4.69) is 158 Å². The molecular formula is C45H55Cl2Si2Zr. The van der Waals surface area contributed by atoms with Crippen LogP contribution >= 0.6 is 17.0 Å². The van der Waals surface area contributed by atoms with E-state index in [0.29, 0.717) is 5.92 Å². The molecule has 0 bridgehead atoms. The minimum atomic E-state index is -4.83. The second-order valence-corrected chi connectivity index (χ2v) is 65.6. The molecule has 0 radical (unpaired) electrons. The number of hydrogen-bond donors (Lipinski definition) is 0. The summed E-state index contributed by atoms with van der Waals surface area (Å²) >= 11 is -4.83. The summed E-state index contributed by atoms with van der Waals surface area (Å²) in [4.78, 5) is 0. The summed E-state index contributed by atoms with van der Waals surface area (Å²) in [5, 5.41) is 1.50. The molecule has 0 saturated heterocycles. The van der Waals surface area contributed by atoms with Gasteiger partial charge in [-0.2, -0.15) is 0 Å². The second kappa shape index (κ2) is 13.0. The Labute approximate surface area is 312 Å². The van der Waals surface area contributed by atoms with Gasteiger partial charge in [-0.3, -0.25) is 0 Å². The molecular weight excluding hydrogens is 759 g/mol. The maximum atomic E-state index is 8.76. The van der Waals surface area contributed by atoms with E-state index in [-0.39, 0.29) is 12.7 Å². The van der Waals surface area contributed by atoms with E-state index in [1.165, 1.54) is 86.5 Å². The summed E-state index contributed by atoms with van der Waals surface area (Å²) in [6, 6.07) is 32.6. The minimum absolute atomic E-state index is 0.109. The number of fused-ring (bicyclic) bond motifs is 2. The SMILES string of the molecule is CC1=Cc2c(-c3ccc([Si](C)(C)C)cc3)cccc2[CH]1[Zr]([Cl])([Cl])([CH]1C(C2CCCC2)=Cc2c(-c3ccc(C(C)(C)C)cc3)cccc21)[SiH](C)C. The molecule has 1 saturated carbocycles. The van der Waals surface area contributed by atoms with Crippen LogP contribution in [-0.4, -0.2) is 14.0 Å². The molecule has 0 spiro atoms. The van der Waals surface area contributed by atoms with Crippen molar-refractivity contribution in [3.05, 3.63) is 124 Å². The molecule has 0 nitrogen and oxygen atoms in total. The Morgan fingerprint density at radius 1 is 0.680 bits per heavy atom. The maximum absolute atomic E-state index is 8.76. The van der Waals surface area contributed by atoms with Gasteiger partial charge in [0.1, 0.15) is 0 Å². The van der Waals surface area contributed by atoms with Gasteiger partial charge in [0.15, 0.2) is 0 Å². The molecule has 0 aromatic heterocycles. The molecule has 4 aromatic rings. The number of hydrogen-bond acceptors (Lipinski definition) is 0. The van der Waals surface area contributed by atoms with Crippen LogP contribution in [0.15, 0.2) is 96.1 Å². The van der Waals surface area contributed by atoms with Crippen molar-refractivity contribution in [3.63, 3.8) is 0 Å². The standard InChI is InChI=1S/C24H27.C19H21Si.C2H7Si.2ClH.Zr/c1-24(2,3)21-13-11-18(12-14-21)22-10-6-9-19-15-20(16-23(19)22)17-7-4-5-8-17;1-14-12-16-6-5-7-18(19(16)13-14)15-8-10-17(11-9-15)20(2,3)4;1-3-2;;;/h6,9-17H,4-5,7-8H2,1-3H3;5-13H,1-4H3;3H,1-2H3;2*1H;/q;;;;;+2/p-2. The van der Waals surface area contributed by atoms with Crippen LogP contribution in [0.1, 0.15) is 88.4 Å². The zero-order valence-electron chi connectivity index (χ0n) is 31.6. The zero-order valence-corrected chi connectivity index (χ0v) is 37.8. The van der Waals surface area contributed by atoms with Gasteiger partial charge in [-0.15, -0.1) is 0 Å². The first-order valence-electron chi connectivity index (χ1n) is 18.9. The Morgan fingerprint density at radius 2 is 1.18 bits per heavy atom. The number of allylic oxidation sites excluding steroid dienone is 2. The average Bonchev–Trinajstić information content (AvgIpc) is 3.81. The fourth-order valence-corrected chi connectivity index (χ4v) is 42.7. The summed E-state index contributed by atoms with van der Waals surface area (Å²) in [5.74, 6) is -1.07. The van der Waals surface area contributed by atoms with Crippen molar-refractivity contribution < 1.29 is 15.6 Å². The quantitative estimate of drug-likeness (QED) is 0.163. The first kappa shape index (κ1) is 36.6. The Bertz CT molecular complexity index is 2000. The van der Waals surface area contributed by atoms with Crippen molar-refractivity contribution in [3.8, 4) is 22.3 Å². The number of halogens is 2. The molecule has 50 heavy (non-hydrogen) atoms. The summed E-state index contributed by atoms with van der Waals surface area (Å²) in [6.45, 7) is 21.4. The summed E-state index contributed by atoms with van der Waals surface area (Å²) in [6.07, 6.45) is 10.1. The summed E-state index contributed by atoms with van der Waals surface area (Å²) < 4.78 is 0.246. The van der Waals surface area contributed by atoms with Crippen LogP contribution in [0.3, 0.4) is 0 Å². The Kier molecular flexibility index (Phi) is 9.50. The van der Waals surface area contributed by atoms with E-state index in [1.54, 1.807) is 5.57 Å². The van der Waals surface area contributed by atoms with Gasteiger partial charge in [0.05, 0.1) is 0 Å². The molecule has 1 fully saturated rings. The first-order valence-corrected chi connectivity index (χ1v) is 38.8. The molecule has 7 rings (SSSR count). The van der Waals surface area contributed by atoms with Crippen LogP contribution < -0.4 is 5.19 Å². The molecule has 4 aromatic carbocycles.